The Morgan fingerprint density at radius 2 is 2.00 bits per heavy atom. The van der Waals surface area contributed by atoms with Crippen molar-refractivity contribution in [2.75, 3.05) is 52.5 Å². The number of guanidine groups is 1. The van der Waals surface area contributed by atoms with Crippen LogP contribution in [0.2, 0.25) is 0 Å². The van der Waals surface area contributed by atoms with E-state index in [1.54, 1.807) is 6.26 Å². The third-order valence-corrected chi connectivity index (χ3v) is 5.12. The summed E-state index contributed by atoms with van der Waals surface area (Å²) in [5.41, 5.74) is 0. The standard InChI is InChI=1S/C21H35F3N4O2.HI/c1-2-29-15-4-10-25-20(27-12-7-19-5-3-16-30-19)26-11-6-18-8-13-28(14-9-18)17-21(22,23)24;/h3,5,16,18H,2,4,6-15,17H2,1H3,(H2,25,26,27);1H. The summed E-state index contributed by atoms with van der Waals surface area (Å²) in [4.78, 5) is 6.11. The van der Waals surface area contributed by atoms with Gasteiger partial charge in [0.05, 0.1) is 12.8 Å². The minimum atomic E-state index is -4.11. The zero-order valence-corrected chi connectivity index (χ0v) is 20.6. The number of piperidine rings is 1. The van der Waals surface area contributed by atoms with E-state index < -0.39 is 12.7 Å². The molecule has 0 radical (unpaired) electrons. The van der Waals surface area contributed by atoms with E-state index in [2.05, 4.69) is 15.6 Å². The Balaban J connectivity index is 0.00000480. The van der Waals surface area contributed by atoms with Gasteiger partial charge < -0.3 is 19.8 Å². The van der Waals surface area contributed by atoms with Crippen LogP contribution in [0, 0.1) is 5.92 Å². The number of hydrogen-bond acceptors (Lipinski definition) is 4. The lowest BCUT2D eigenvalue weighted by atomic mass is 9.93. The Labute approximate surface area is 200 Å². The van der Waals surface area contributed by atoms with Gasteiger partial charge in [-0.3, -0.25) is 9.89 Å². The molecular formula is C21H36F3IN4O2. The molecule has 1 aliphatic rings. The lowest BCUT2D eigenvalue weighted by Gasteiger charge is -2.32. The van der Waals surface area contributed by atoms with Gasteiger partial charge in [-0.15, -0.1) is 24.0 Å². The fourth-order valence-corrected chi connectivity index (χ4v) is 3.52. The molecule has 0 saturated carbocycles. The summed E-state index contributed by atoms with van der Waals surface area (Å²) in [7, 11) is 0. The highest BCUT2D eigenvalue weighted by Crippen LogP contribution is 2.23. The average Bonchev–Trinajstić information content (AvgIpc) is 3.21. The van der Waals surface area contributed by atoms with Gasteiger partial charge in [-0.25, -0.2) is 0 Å². The van der Waals surface area contributed by atoms with E-state index in [0.29, 0.717) is 45.3 Å². The van der Waals surface area contributed by atoms with E-state index in [4.69, 9.17) is 9.15 Å². The van der Waals surface area contributed by atoms with Crippen molar-refractivity contribution in [3.8, 4) is 0 Å². The predicted molar refractivity (Wildman–Crippen MR) is 127 cm³/mol. The van der Waals surface area contributed by atoms with Gasteiger partial charge in [0.15, 0.2) is 5.96 Å². The Morgan fingerprint density at radius 3 is 2.65 bits per heavy atom. The molecule has 31 heavy (non-hydrogen) atoms. The molecule has 0 amide bonds. The van der Waals surface area contributed by atoms with E-state index in [0.717, 1.165) is 50.4 Å². The second kappa shape index (κ2) is 15.7. The van der Waals surface area contributed by atoms with Crippen molar-refractivity contribution in [1.29, 1.82) is 0 Å². The molecule has 0 bridgehead atoms. The third kappa shape index (κ3) is 13.2. The molecule has 1 aliphatic heterocycles. The van der Waals surface area contributed by atoms with E-state index >= 15 is 0 Å². The summed E-state index contributed by atoms with van der Waals surface area (Å²) in [6, 6.07) is 3.81. The molecule has 10 heteroatoms. The van der Waals surface area contributed by atoms with Crippen LogP contribution in [0.1, 0.15) is 38.4 Å². The van der Waals surface area contributed by atoms with Crippen LogP contribution in [-0.4, -0.2) is 69.5 Å². The molecule has 2 rings (SSSR count). The van der Waals surface area contributed by atoms with Gasteiger partial charge in [0.1, 0.15) is 5.76 Å². The summed E-state index contributed by atoms with van der Waals surface area (Å²) in [6.07, 6.45) is 1.73. The normalized spacial score (nSPS) is 16.2. The van der Waals surface area contributed by atoms with Crippen molar-refractivity contribution in [1.82, 2.24) is 15.5 Å². The number of alkyl halides is 3. The Morgan fingerprint density at radius 1 is 1.26 bits per heavy atom. The number of nitrogens with one attached hydrogen (secondary N) is 2. The molecule has 0 unspecified atom stereocenters. The first-order valence-corrected chi connectivity index (χ1v) is 10.9. The van der Waals surface area contributed by atoms with Crippen LogP contribution < -0.4 is 10.6 Å². The molecule has 0 aliphatic carbocycles. The second-order valence-corrected chi connectivity index (χ2v) is 7.59. The molecule has 1 fully saturated rings. The van der Waals surface area contributed by atoms with Crippen molar-refractivity contribution in [3.63, 3.8) is 0 Å². The molecule has 0 aromatic carbocycles. The van der Waals surface area contributed by atoms with Crippen LogP contribution in [0.5, 0.6) is 0 Å². The Hall–Kier alpha value is -1.01. The average molecular weight is 560 g/mol. The van der Waals surface area contributed by atoms with Gasteiger partial charge in [0, 0.05) is 39.3 Å². The largest absolute Gasteiger partial charge is 0.469 e. The molecule has 1 aromatic rings. The van der Waals surface area contributed by atoms with Crippen LogP contribution in [0.4, 0.5) is 13.2 Å². The molecule has 180 valence electrons. The van der Waals surface area contributed by atoms with E-state index in [9.17, 15) is 13.2 Å². The first-order valence-electron chi connectivity index (χ1n) is 10.9. The summed E-state index contributed by atoms with van der Waals surface area (Å²) >= 11 is 0. The molecular weight excluding hydrogens is 524 g/mol. The molecule has 0 spiro atoms. The van der Waals surface area contributed by atoms with Gasteiger partial charge >= 0.3 is 6.18 Å². The lowest BCUT2D eigenvalue weighted by Crippen LogP contribution is -2.42. The summed E-state index contributed by atoms with van der Waals surface area (Å²) < 4.78 is 48.2. The van der Waals surface area contributed by atoms with Gasteiger partial charge in [0.25, 0.3) is 0 Å². The maximum atomic E-state index is 12.5. The summed E-state index contributed by atoms with van der Waals surface area (Å²) in [5.74, 6) is 2.13. The number of nitrogens with zero attached hydrogens (tertiary/aromatic N) is 2. The third-order valence-electron chi connectivity index (χ3n) is 5.12. The summed E-state index contributed by atoms with van der Waals surface area (Å²) in [6.45, 7) is 5.74. The predicted octanol–water partition coefficient (Wildman–Crippen LogP) is 4.07. The maximum Gasteiger partial charge on any atom is 0.401 e. The van der Waals surface area contributed by atoms with Gasteiger partial charge in [-0.05, 0) is 63.7 Å². The first kappa shape index (κ1) is 28.0. The highest BCUT2D eigenvalue weighted by Gasteiger charge is 2.32. The maximum absolute atomic E-state index is 12.5. The van der Waals surface area contributed by atoms with E-state index in [1.165, 1.54) is 4.90 Å². The van der Waals surface area contributed by atoms with Gasteiger partial charge in [-0.2, -0.15) is 13.2 Å². The molecule has 2 N–H and O–H groups in total. The molecule has 6 nitrogen and oxygen atoms in total. The minimum Gasteiger partial charge on any atom is -0.469 e. The molecule has 1 aromatic heterocycles. The van der Waals surface area contributed by atoms with E-state index in [1.807, 2.05) is 19.1 Å². The zero-order valence-electron chi connectivity index (χ0n) is 18.3. The van der Waals surface area contributed by atoms with Crippen molar-refractivity contribution in [2.24, 2.45) is 10.9 Å². The number of rotatable bonds is 12. The number of ether oxygens (including phenoxy) is 1. The second-order valence-electron chi connectivity index (χ2n) is 7.59. The lowest BCUT2D eigenvalue weighted by molar-refractivity contribution is -0.148. The Bertz CT molecular complexity index is 592. The number of halogens is 4. The summed E-state index contributed by atoms with van der Waals surface area (Å²) in [5, 5.41) is 6.69. The number of aliphatic imine (C=N–C) groups is 1. The van der Waals surface area contributed by atoms with Crippen molar-refractivity contribution >= 4 is 29.9 Å². The fraction of sp³-hybridized carbons (Fsp3) is 0.762. The van der Waals surface area contributed by atoms with Crippen LogP contribution in [0.25, 0.3) is 0 Å². The highest BCUT2D eigenvalue weighted by atomic mass is 127. The topological polar surface area (TPSA) is 62.0 Å². The number of furan rings is 1. The van der Waals surface area contributed by atoms with Crippen molar-refractivity contribution < 1.29 is 22.3 Å². The first-order chi connectivity index (χ1) is 14.5. The van der Waals surface area contributed by atoms with Crippen LogP contribution >= 0.6 is 24.0 Å². The molecule has 1 saturated heterocycles. The SMILES string of the molecule is CCOCCCN=C(NCCc1ccco1)NCCC1CCN(CC(F)(F)F)CC1.I. The monoisotopic (exact) mass is 560 g/mol. The highest BCUT2D eigenvalue weighted by molar-refractivity contribution is 14.0. The zero-order chi connectivity index (χ0) is 21.7. The van der Waals surface area contributed by atoms with Gasteiger partial charge in [-0.1, -0.05) is 0 Å². The van der Waals surface area contributed by atoms with Crippen LogP contribution in [0.3, 0.4) is 0 Å². The number of hydrogen-bond donors (Lipinski definition) is 2. The smallest absolute Gasteiger partial charge is 0.401 e. The Kier molecular flexibility index (Phi) is 14.2. The number of likely N-dealkylation sites (tertiary alicyclic amines) is 1. The van der Waals surface area contributed by atoms with Crippen molar-refractivity contribution in [3.05, 3.63) is 24.2 Å². The molecule has 2 heterocycles. The van der Waals surface area contributed by atoms with Gasteiger partial charge in [0.2, 0.25) is 0 Å². The van der Waals surface area contributed by atoms with Crippen LogP contribution in [0.15, 0.2) is 27.8 Å². The minimum absolute atomic E-state index is 0. The van der Waals surface area contributed by atoms with Crippen molar-refractivity contribution in [2.45, 2.75) is 45.2 Å². The molecule has 0 atom stereocenters. The van der Waals surface area contributed by atoms with Crippen LogP contribution in [-0.2, 0) is 11.2 Å². The fourth-order valence-electron chi connectivity index (χ4n) is 3.52. The van der Waals surface area contributed by atoms with E-state index in [-0.39, 0.29) is 24.0 Å². The quantitative estimate of drug-likeness (QED) is 0.175.